The van der Waals surface area contributed by atoms with Crippen LogP contribution in [0.2, 0.25) is 0 Å². The normalized spacial score (nSPS) is 20.9. The first-order valence-corrected chi connectivity index (χ1v) is 7.27. The predicted octanol–water partition coefficient (Wildman–Crippen LogP) is 3.16. The molecule has 2 aromatic heterocycles. The summed E-state index contributed by atoms with van der Waals surface area (Å²) in [7, 11) is 0. The number of nitrogens with one attached hydrogen (secondary N) is 1. The maximum atomic E-state index is 11.7. The van der Waals surface area contributed by atoms with Crippen LogP contribution in [0.1, 0.15) is 36.6 Å². The molecule has 0 unspecified atom stereocenters. The van der Waals surface area contributed by atoms with Gasteiger partial charge in [-0.3, -0.25) is 4.79 Å². The Hall–Kier alpha value is -1.42. The highest BCUT2D eigenvalue weighted by Crippen LogP contribution is 2.66. The van der Waals surface area contributed by atoms with Crippen LogP contribution in [0.15, 0.2) is 28.5 Å². The van der Waals surface area contributed by atoms with Gasteiger partial charge in [-0.2, -0.15) is 0 Å². The summed E-state index contributed by atoms with van der Waals surface area (Å²) in [6.45, 7) is 0. The van der Waals surface area contributed by atoms with Crippen LogP contribution in [0, 0.1) is 5.41 Å². The number of nitrogens with zero attached hydrogens (tertiary/aromatic N) is 1. The van der Waals surface area contributed by atoms with Crippen molar-refractivity contribution >= 4 is 11.3 Å². The largest absolute Gasteiger partial charge is 0.329 e. The van der Waals surface area contributed by atoms with Crippen molar-refractivity contribution in [3.63, 3.8) is 0 Å². The van der Waals surface area contributed by atoms with Gasteiger partial charge in [0.15, 0.2) is 0 Å². The topological polar surface area (TPSA) is 45.8 Å². The van der Waals surface area contributed by atoms with Crippen molar-refractivity contribution in [1.29, 1.82) is 0 Å². The fourth-order valence-corrected chi connectivity index (χ4v) is 3.89. The number of aromatic amines is 1. The number of hydrogen-bond donors (Lipinski definition) is 1. The van der Waals surface area contributed by atoms with Gasteiger partial charge >= 0.3 is 0 Å². The third-order valence-corrected chi connectivity index (χ3v) is 5.29. The molecule has 0 atom stereocenters. The fraction of sp³-hybridized carbons (Fsp3) is 0.429. The molecule has 2 fully saturated rings. The van der Waals surface area contributed by atoms with Crippen molar-refractivity contribution in [3.05, 3.63) is 39.1 Å². The molecule has 3 nitrogen and oxygen atoms in total. The lowest BCUT2D eigenvalue weighted by atomic mass is 9.72. The summed E-state index contributed by atoms with van der Waals surface area (Å²) in [6.07, 6.45) is 7.11. The second kappa shape index (κ2) is 3.54. The monoisotopic (exact) mass is 258 g/mol. The van der Waals surface area contributed by atoms with E-state index in [1.165, 1.54) is 30.7 Å². The second-order valence-electron chi connectivity index (χ2n) is 5.59. The maximum Gasteiger partial charge on any atom is 0.257 e. The number of aromatic nitrogens is 2. The molecule has 2 aromatic rings. The minimum absolute atomic E-state index is 0.0541. The smallest absolute Gasteiger partial charge is 0.257 e. The second-order valence-corrected chi connectivity index (χ2v) is 6.48. The standard InChI is InChI=1S/C14H14N2OS/c17-12-10(2-1-5-15-12)11-8-18-13(16-11)9-6-14(7-9)3-4-14/h1-2,5,8-9H,3-4,6-7H2,(H,15,17). The molecule has 1 N–H and O–H groups in total. The first kappa shape index (κ1) is 10.5. The van der Waals surface area contributed by atoms with Gasteiger partial charge in [0.2, 0.25) is 0 Å². The Bertz CT molecular complexity index is 646. The van der Waals surface area contributed by atoms with E-state index in [-0.39, 0.29) is 5.56 Å². The highest BCUT2D eigenvalue weighted by Gasteiger charge is 2.53. The average molecular weight is 258 g/mol. The van der Waals surface area contributed by atoms with E-state index in [0.29, 0.717) is 16.9 Å². The van der Waals surface area contributed by atoms with Crippen LogP contribution in [-0.4, -0.2) is 9.97 Å². The van der Waals surface area contributed by atoms with Gasteiger partial charge in [0.1, 0.15) is 0 Å². The molecule has 4 rings (SSSR count). The van der Waals surface area contributed by atoms with Gasteiger partial charge in [0, 0.05) is 17.5 Å². The van der Waals surface area contributed by atoms with Gasteiger partial charge in [-0.15, -0.1) is 11.3 Å². The summed E-state index contributed by atoms with van der Waals surface area (Å²) >= 11 is 1.70. The Kier molecular flexibility index (Phi) is 2.07. The molecule has 0 radical (unpaired) electrons. The van der Waals surface area contributed by atoms with Gasteiger partial charge in [-0.1, -0.05) is 0 Å². The Morgan fingerprint density at radius 1 is 1.39 bits per heavy atom. The van der Waals surface area contributed by atoms with Gasteiger partial charge in [-0.25, -0.2) is 4.98 Å². The SMILES string of the molecule is O=c1[nH]cccc1-c1csc(C2CC3(CC3)C2)n1. The third kappa shape index (κ3) is 1.56. The van der Waals surface area contributed by atoms with Crippen molar-refractivity contribution < 1.29 is 0 Å². The summed E-state index contributed by atoms with van der Waals surface area (Å²) in [5.74, 6) is 0.647. The summed E-state index contributed by atoms with van der Waals surface area (Å²) in [4.78, 5) is 19.1. The number of H-pyrrole nitrogens is 1. The van der Waals surface area contributed by atoms with Crippen molar-refractivity contribution in [2.75, 3.05) is 0 Å². The van der Waals surface area contributed by atoms with Gasteiger partial charge < -0.3 is 4.98 Å². The molecule has 0 amide bonds. The van der Waals surface area contributed by atoms with Crippen LogP contribution in [0.5, 0.6) is 0 Å². The predicted molar refractivity (Wildman–Crippen MR) is 71.8 cm³/mol. The lowest BCUT2D eigenvalue weighted by Gasteiger charge is -2.34. The summed E-state index contributed by atoms with van der Waals surface area (Å²) < 4.78 is 0. The zero-order valence-corrected chi connectivity index (χ0v) is 10.8. The van der Waals surface area contributed by atoms with E-state index in [1.54, 1.807) is 17.5 Å². The van der Waals surface area contributed by atoms with Crippen LogP contribution < -0.4 is 5.56 Å². The lowest BCUT2D eigenvalue weighted by Crippen LogP contribution is -2.22. The molecule has 92 valence electrons. The fourth-order valence-electron chi connectivity index (χ4n) is 2.97. The molecule has 0 aromatic carbocycles. The maximum absolute atomic E-state index is 11.7. The van der Waals surface area contributed by atoms with Gasteiger partial charge in [-0.05, 0) is 43.2 Å². The van der Waals surface area contributed by atoms with Gasteiger partial charge in [0.05, 0.1) is 16.3 Å². The highest BCUT2D eigenvalue weighted by atomic mass is 32.1. The van der Waals surface area contributed by atoms with Crippen molar-refractivity contribution in [1.82, 2.24) is 9.97 Å². The first-order chi connectivity index (χ1) is 8.76. The van der Waals surface area contributed by atoms with E-state index in [2.05, 4.69) is 9.97 Å². The van der Waals surface area contributed by atoms with E-state index in [9.17, 15) is 4.79 Å². The zero-order chi connectivity index (χ0) is 12.2. The summed E-state index contributed by atoms with van der Waals surface area (Å²) in [5.41, 5.74) is 2.16. The minimum Gasteiger partial charge on any atom is -0.329 e. The number of pyridine rings is 1. The molecular formula is C14H14N2OS. The van der Waals surface area contributed by atoms with Crippen molar-refractivity contribution in [2.45, 2.75) is 31.6 Å². The van der Waals surface area contributed by atoms with Crippen LogP contribution in [0.4, 0.5) is 0 Å². The number of thiazole rings is 1. The zero-order valence-electron chi connectivity index (χ0n) is 9.98. The van der Waals surface area contributed by atoms with Crippen LogP contribution in [0.3, 0.4) is 0 Å². The molecule has 0 saturated heterocycles. The number of hydrogen-bond acceptors (Lipinski definition) is 3. The lowest BCUT2D eigenvalue weighted by molar-refractivity contribution is 0.237. The average Bonchev–Trinajstić information content (AvgIpc) is 3.00. The van der Waals surface area contributed by atoms with Crippen molar-refractivity contribution in [3.8, 4) is 11.3 Å². The molecular weight excluding hydrogens is 244 g/mol. The Labute approximate surface area is 109 Å². The minimum atomic E-state index is -0.0541. The Morgan fingerprint density at radius 3 is 2.94 bits per heavy atom. The molecule has 2 heterocycles. The first-order valence-electron chi connectivity index (χ1n) is 6.39. The van der Waals surface area contributed by atoms with E-state index in [4.69, 9.17) is 0 Å². The quantitative estimate of drug-likeness (QED) is 0.899. The summed E-state index contributed by atoms with van der Waals surface area (Å²) in [6, 6.07) is 3.68. The van der Waals surface area contributed by atoms with E-state index in [0.717, 1.165) is 5.69 Å². The molecule has 4 heteroatoms. The Morgan fingerprint density at radius 2 is 2.22 bits per heavy atom. The molecule has 2 saturated carbocycles. The molecule has 0 bridgehead atoms. The number of rotatable bonds is 2. The third-order valence-electron chi connectivity index (χ3n) is 4.28. The summed E-state index contributed by atoms with van der Waals surface area (Å²) in [5, 5.41) is 3.23. The van der Waals surface area contributed by atoms with Crippen LogP contribution in [-0.2, 0) is 0 Å². The van der Waals surface area contributed by atoms with E-state index < -0.39 is 0 Å². The van der Waals surface area contributed by atoms with E-state index in [1.807, 2.05) is 17.5 Å². The molecule has 2 aliphatic carbocycles. The molecule has 1 spiro atoms. The molecule has 18 heavy (non-hydrogen) atoms. The van der Waals surface area contributed by atoms with Gasteiger partial charge in [0.25, 0.3) is 5.56 Å². The Balaban J connectivity index is 1.62. The van der Waals surface area contributed by atoms with Crippen LogP contribution >= 0.6 is 11.3 Å². The highest BCUT2D eigenvalue weighted by molar-refractivity contribution is 7.10. The van der Waals surface area contributed by atoms with E-state index >= 15 is 0 Å². The van der Waals surface area contributed by atoms with Crippen molar-refractivity contribution in [2.24, 2.45) is 5.41 Å². The molecule has 0 aliphatic heterocycles. The van der Waals surface area contributed by atoms with Crippen LogP contribution in [0.25, 0.3) is 11.3 Å². The molecule has 2 aliphatic rings.